The maximum atomic E-state index is 11.7. The monoisotopic (exact) mass is 228 g/mol. The van der Waals surface area contributed by atoms with Crippen molar-refractivity contribution in [1.82, 2.24) is 15.2 Å². The van der Waals surface area contributed by atoms with Crippen molar-refractivity contribution in [3.63, 3.8) is 0 Å². The van der Waals surface area contributed by atoms with E-state index >= 15 is 0 Å². The second-order valence-corrected chi connectivity index (χ2v) is 3.55. The van der Waals surface area contributed by atoms with Gasteiger partial charge < -0.3 is 4.90 Å². The van der Waals surface area contributed by atoms with E-state index in [2.05, 4.69) is 0 Å². The lowest BCUT2D eigenvalue weighted by Gasteiger charge is -2.16. The van der Waals surface area contributed by atoms with Gasteiger partial charge in [-0.15, -0.1) is 0 Å². The van der Waals surface area contributed by atoms with Gasteiger partial charge in [0, 0.05) is 19.5 Å². The van der Waals surface area contributed by atoms with Crippen LogP contribution in [0.1, 0.15) is 20.3 Å². The zero-order valence-corrected chi connectivity index (χ0v) is 9.40. The summed E-state index contributed by atoms with van der Waals surface area (Å²) in [5.41, 5.74) is 1.95. The standard InChI is InChI=1S/C9H16N4O3/c1-3-12-6(2)8(15)13(9(12)16)5-4-7(14)11-10/h6H,3-5,10H2,1-2H3,(H,11,14). The Hall–Kier alpha value is -1.63. The van der Waals surface area contributed by atoms with Gasteiger partial charge in [0.25, 0.3) is 5.91 Å². The van der Waals surface area contributed by atoms with Crippen LogP contribution in [0, 0.1) is 0 Å². The maximum Gasteiger partial charge on any atom is 0.327 e. The third kappa shape index (κ3) is 2.13. The van der Waals surface area contributed by atoms with E-state index < -0.39 is 11.9 Å². The fraction of sp³-hybridized carbons (Fsp3) is 0.667. The summed E-state index contributed by atoms with van der Waals surface area (Å²) in [5.74, 6) is 4.24. The number of urea groups is 1. The van der Waals surface area contributed by atoms with Gasteiger partial charge in [-0.05, 0) is 13.8 Å². The van der Waals surface area contributed by atoms with Crippen molar-refractivity contribution < 1.29 is 14.4 Å². The van der Waals surface area contributed by atoms with E-state index in [9.17, 15) is 14.4 Å². The zero-order chi connectivity index (χ0) is 12.3. The smallest absolute Gasteiger partial charge is 0.313 e. The van der Waals surface area contributed by atoms with Crippen LogP contribution in [0.25, 0.3) is 0 Å². The number of amides is 4. The van der Waals surface area contributed by atoms with Crippen molar-refractivity contribution in [2.75, 3.05) is 13.1 Å². The van der Waals surface area contributed by atoms with E-state index in [0.717, 1.165) is 4.90 Å². The molecule has 90 valence electrons. The first-order valence-corrected chi connectivity index (χ1v) is 5.14. The number of hydrogen-bond donors (Lipinski definition) is 2. The fourth-order valence-corrected chi connectivity index (χ4v) is 1.67. The molecule has 1 atom stereocenters. The van der Waals surface area contributed by atoms with Crippen LogP contribution >= 0.6 is 0 Å². The Bertz CT molecular complexity index is 318. The number of hydrogen-bond acceptors (Lipinski definition) is 4. The van der Waals surface area contributed by atoms with E-state index in [0.29, 0.717) is 6.54 Å². The van der Waals surface area contributed by atoms with Crippen molar-refractivity contribution in [2.24, 2.45) is 5.84 Å². The molecule has 16 heavy (non-hydrogen) atoms. The molecule has 1 rings (SSSR count). The van der Waals surface area contributed by atoms with E-state index in [4.69, 9.17) is 5.84 Å². The normalized spacial score (nSPS) is 20.6. The number of nitrogens with zero attached hydrogens (tertiary/aromatic N) is 2. The van der Waals surface area contributed by atoms with E-state index in [-0.39, 0.29) is 24.9 Å². The van der Waals surface area contributed by atoms with Gasteiger partial charge in [-0.25, -0.2) is 10.6 Å². The third-order valence-electron chi connectivity index (χ3n) is 2.63. The van der Waals surface area contributed by atoms with E-state index in [1.807, 2.05) is 5.43 Å². The molecule has 0 aliphatic carbocycles. The van der Waals surface area contributed by atoms with Gasteiger partial charge in [0.05, 0.1) is 0 Å². The Balaban J connectivity index is 2.64. The number of hydrazine groups is 1. The van der Waals surface area contributed by atoms with Crippen LogP contribution in [0.3, 0.4) is 0 Å². The van der Waals surface area contributed by atoms with Crippen LogP contribution in [0.5, 0.6) is 0 Å². The highest BCUT2D eigenvalue weighted by Crippen LogP contribution is 2.16. The van der Waals surface area contributed by atoms with Crippen molar-refractivity contribution in [3.8, 4) is 0 Å². The SMILES string of the molecule is CCN1C(=O)N(CCC(=O)NN)C(=O)C1C. The second kappa shape index (κ2) is 4.93. The summed E-state index contributed by atoms with van der Waals surface area (Å²) in [6.45, 7) is 4.03. The molecule has 0 bridgehead atoms. The topological polar surface area (TPSA) is 95.7 Å². The maximum absolute atomic E-state index is 11.7. The minimum Gasteiger partial charge on any atom is -0.313 e. The number of carbonyl (C=O) groups is 3. The summed E-state index contributed by atoms with van der Waals surface area (Å²) < 4.78 is 0. The number of imide groups is 1. The molecule has 1 unspecified atom stereocenters. The largest absolute Gasteiger partial charge is 0.327 e. The highest BCUT2D eigenvalue weighted by Gasteiger charge is 2.41. The minimum atomic E-state index is -0.446. The molecule has 3 N–H and O–H groups in total. The third-order valence-corrected chi connectivity index (χ3v) is 2.63. The summed E-state index contributed by atoms with van der Waals surface area (Å²) in [5, 5.41) is 0. The molecular weight excluding hydrogens is 212 g/mol. The molecule has 4 amide bonds. The number of carbonyl (C=O) groups excluding carboxylic acids is 3. The first-order valence-electron chi connectivity index (χ1n) is 5.14. The molecule has 7 heteroatoms. The molecule has 0 saturated carbocycles. The minimum absolute atomic E-state index is 0.0260. The van der Waals surface area contributed by atoms with Gasteiger partial charge in [-0.1, -0.05) is 0 Å². The van der Waals surface area contributed by atoms with Crippen LogP contribution in [-0.4, -0.2) is 46.8 Å². The summed E-state index contributed by atoms with van der Waals surface area (Å²) in [7, 11) is 0. The molecule has 0 aromatic heterocycles. The highest BCUT2D eigenvalue weighted by atomic mass is 16.2. The predicted octanol–water partition coefficient (Wildman–Crippen LogP) is -0.961. The van der Waals surface area contributed by atoms with Gasteiger partial charge in [-0.3, -0.25) is 19.9 Å². The van der Waals surface area contributed by atoms with Gasteiger partial charge in [0.1, 0.15) is 6.04 Å². The van der Waals surface area contributed by atoms with Crippen molar-refractivity contribution >= 4 is 17.8 Å². The van der Waals surface area contributed by atoms with Crippen molar-refractivity contribution in [1.29, 1.82) is 0 Å². The summed E-state index contributed by atoms with van der Waals surface area (Å²) in [6, 6.07) is -0.789. The number of nitrogens with two attached hydrogens (primary N) is 1. The summed E-state index contributed by atoms with van der Waals surface area (Å²) >= 11 is 0. The predicted molar refractivity (Wildman–Crippen MR) is 55.9 cm³/mol. The van der Waals surface area contributed by atoms with Gasteiger partial charge >= 0.3 is 6.03 Å². The van der Waals surface area contributed by atoms with E-state index in [1.54, 1.807) is 13.8 Å². The number of nitrogens with one attached hydrogen (secondary N) is 1. The van der Waals surface area contributed by atoms with Crippen LogP contribution in [0.2, 0.25) is 0 Å². The Morgan fingerprint density at radius 2 is 2.12 bits per heavy atom. The fourth-order valence-electron chi connectivity index (χ4n) is 1.67. The molecule has 7 nitrogen and oxygen atoms in total. The van der Waals surface area contributed by atoms with Gasteiger partial charge in [-0.2, -0.15) is 0 Å². The molecular formula is C9H16N4O3. The van der Waals surface area contributed by atoms with Crippen LogP contribution in [-0.2, 0) is 9.59 Å². The number of likely N-dealkylation sites (N-methyl/N-ethyl adjacent to an activating group) is 1. The molecule has 1 aliphatic heterocycles. The Labute approximate surface area is 93.5 Å². The van der Waals surface area contributed by atoms with Crippen LogP contribution in [0.15, 0.2) is 0 Å². The molecule has 0 spiro atoms. The van der Waals surface area contributed by atoms with Crippen LogP contribution in [0.4, 0.5) is 4.79 Å². The average molecular weight is 228 g/mol. The second-order valence-electron chi connectivity index (χ2n) is 3.55. The van der Waals surface area contributed by atoms with Gasteiger partial charge in [0.2, 0.25) is 5.91 Å². The Morgan fingerprint density at radius 1 is 1.50 bits per heavy atom. The molecule has 0 aromatic rings. The van der Waals surface area contributed by atoms with Crippen LogP contribution < -0.4 is 11.3 Å². The van der Waals surface area contributed by atoms with E-state index in [1.165, 1.54) is 4.90 Å². The zero-order valence-electron chi connectivity index (χ0n) is 9.40. The summed E-state index contributed by atoms with van der Waals surface area (Å²) in [6.07, 6.45) is 0.0260. The van der Waals surface area contributed by atoms with Crippen molar-refractivity contribution in [3.05, 3.63) is 0 Å². The van der Waals surface area contributed by atoms with Gasteiger partial charge in [0.15, 0.2) is 0 Å². The first kappa shape index (κ1) is 12.4. The average Bonchev–Trinajstić information content (AvgIpc) is 2.48. The lowest BCUT2D eigenvalue weighted by atomic mass is 10.3. The highest BCUT2D eigenvalue weighted by molar-refractivity contribution is 6.04. The molecule has 0 radical (unpaired) electrons. The lowest BCUT2D eigenvalue weighted by molar-refractivity contribution is -0.128. The molecule has 0 aromatic carbocycles. The lowest BCUT2D eigenvalue weighted by Crippen LogP contribution is -2.37. The molecule has 1 fully saturated rings. The summed E-state index contributed by atoms with van der Waals surface area (Å²) in [4.78, 5) is 36.9. The Kier molecular flexibility index (Phi) is 3.83. The Morgan fingerprint density at radius 3 is 2.56 bits per heavy atom. The van der Waals surface area contributed by atoms with Crippen molar-refractivity contribution in [2.45, 2.75) is 26.3 Å². The first-order chi connectivity index (χ1) is 7.52. The number of rotatable bonds is 4. The molecule has 1 heterocycles. The molecule has 1 saturated heterocycles. The quantitative estimate of drug-likeness (QED) is 0.280. The molecule has 1 aliphatic rings.